The third-order valence-electron chi connectivity index (χ3n) is 7.37. The Bertz CT molecular complexity index is 337. The van der Waals surface area contributed by atoms with Crippen LogP contribution in [0.15, 0.2) is 0 Å². The molecule has 2 N–H and O–H groups in total. The van der Waals surface area contributed by atoms with Crippen LogP contribution in [0.2, 0.25) is 0 Å². The maximum atomic E-state index is 11.1. The standard InChI is InChI=1S/C22H42O2/c1-6-9-18(19-12-14(4)10-16(7-2)21(19)23)20-13-15(5)11-17(8-3)22(20)24/h14-24H,6-13H2,1-5H3. The molecule has 0 amide bonds. The normalized spacial score (nSPS) is 45.1. The average Bonchev–Trinajstić information content (AvgIpc) is 2.56. The first-order valence-electron chi connectivity index (χ1n) is 10.8. The highest BCUT2D eigenvalue weighted by Crippen LogP contribution is 2.48. The number of rotatable bonds is 6. The van der Waals surface area contributed by atoms with Gasteiger partial charge in [0.05, 0.1) is 12.2 Å². The summed E-state index contributed by atoms with van der Waals surface area (Å²) in [6, 6.07) is 0. The van der Waals surface area contributed by atoms with E-state index < -0.39 is 0 Å². The fourth-order valence-corrected chi connectivity index (χ4v) is 6.16. The van der Waals surface area contributed by atoms with E-state index in [-0.39, 0.29) is 12.2 Å². The lowest BCUT2D eigenvalue weighted by Gasteiger charge is -2.48. The van der Waals surface area contributed by atoms with Crippen molar-refractivity contribution in [3.63, 3.8) is 0 Å². The molecule has 0 heterocycles. The molecule has 0 spiro atoms. The van der Waals surface area contributed by atoms with Crippen molar-refractivity contribution in [1.29, 1.82) is 0 Å². The highest BCUT2D eigenvalue weighted by Gasteiger charge is 2.45. The van der Waals surface area contributed by atoms with Gasteiger partial charge in [-0.15, -0.1) is 0 Å². The number of aliphatic hydroxyl groups excluding tert-OH is 2. The fraction of sp³-hybridized carbons (Fsp3) is 1.00. The smallest absolute Gasteiger partial charge is 0.0599 e. The zero-order valence-corrected chi connectivity index (χ0v) is 16.7. The lowest BCUT2D eigenvalue weighted by molar-refractivity contribution is -0.0884. The van der Waals surface area contributed by atoms with Crippen molar-refractivity contribution in [1.82, 2.24) is 0 Å². The highest BCUT2D eigenvalue weighted by atomic mass is 16.3. The van der Waals surface area contributed by atoms with Gasteiger partial charge in [0.25, 0.3) is 0 Å². The lowest BCUT2D eigenvalue weighted by Crippen LogP contribution is -2.47. The Morgan fingerprint density at radius 3 is 1.50 bits per heavy atom. The summed E-state index contributed by atoms with van der Waals surface area (Å²) in [6.07, 6.45) is 8.82. The van der Waals surface area contributed by atoms with Crippen molar-refractivity contribution in [2.24, 2.45) is 41.4 Å². The van der Waals surface area contributed by atoms with Gasteiger partial charge < -0.3 is 10.2 Å². The molecule has 0 radical (unpaired) electrons. The van der Waals surface area contributed by atoms with Crippen molar-refractivity contribution in [3.8, 4) is 0 Å². The molecule has 2 rings (SSSR count). The number of aliphatic hydroxyl groups is 2. The van der Waals surface area contributed by atoms with E-state index in [1.54, 1.807) is 0 Å². The number of hydrogen-bond donors (Lipinski definition) is 2. The molecule has 8 unspecified atom stereocenters. The van der Waals surface area contributed by atoms with Crippen LogP contribution in [0.5, 0.6) is 0 Å². The summed E-state index contributed by atoms with van der Waals surface area (Å²) in [5, 5.41) is 22.1. The molecule has 2 heteroatoms. The second kappa shape index (κ2) is 9.03. The Labute approximate surface area is 150 Å². The minimum atomic E-state index is -0.160. The van der Waals surface area contributed by atoms with Crippen LogP contribution in [0, 0.1) is 41.4 Å². The third kappa shape index (κ3) is 4.36. The van der Waals surface area contributed by atoms with Crippen LogP contribution < -0.4 is 0 Å². The van der Waals surface area contributed by atoms with Crippen molar-refractivity contribution >= 4 is 0 Å². The molecule has 0 aromatic heterocycles. The van der Waals surface area contributed by atoms with Gasteiger partial charge in [-0.1, -0.05) is 53.9 Å². The van der Waals surface area contributed by atoms with Crippen molar-refractivity contribution in [2.75, 3.05) is 0 Å². The van der Waals surface area contributed by atoms with Crippen LogP contribution in [0.25, 0.3) is 0 Å². The molecule has 24 heavy (non-hydrogen) atoms. The first-order valence-corrected chi connectivity index (χ1v) is 10.8. The Kier molecular flexibility index (Phi) is 7.61. The number of hydrogen-bond acceptors (Lipinski definition) is 2. The largest absolute Gasteiger partial charge is 0.393 e. The monoisotopic (exact) mass is 338 g/mol. The minimum Gasteiger partial charge on any atom is -0.393 e. The molecular weight excluding hydrogens is 296 g/mol. The van der Waals surface area contributed by atoms with E-state index in [4.69, 9.17) is 0 Å². The van der Waals surface area contributed by atoms with Crippen LogP contribution in [-0.2, 0) is 0 Å². The van der Waals surface area contributed by atoms with E-state index in [0.29, 0.717) is 41.4 Å². The molecule has 2 aliphatic carbocycles. The molecule has 2 aliphatic rings. The van der Waals surface area contributed by atoms with Crippen LogP contribution in [-0.4, -0.2) is 22.4 Å². The molecule has 142 valence electrons. The summed E-state index contributed by atoms with van der Waals surface area (Å²) in [6.45, 7) is 11.4. The van der Waals surface area contributed by atoms with Crippen molar-refractivity contribution in [2.45, 2.75) is 98.2 Å². The summed E-state index contributed by atoms with van der Waals surface area (Å²) < 4.78 is 0. The molecule has 2 nitrogen and oxygen atoms in total. The van der Waals surface area contributed by atoms with Crippen LogP contribution in [0.4, 0.5) is 0 Å². The van der Waals surface area contributed by atoms with Gasteiger partial charge in [-0.3, -0.25) is 0 Å². The SMILES string of the molecule is CCCC(C1CC(C)CC(CC)C1O)C1CC(C)CC(CC)C1O. The van der Waals surface area contributed by atoms with E-state index in [1.165, 1.54) is 12.8 Å². The summed E-state index contributed by atoms with van der Waals surface area (Å²) in [4.78, 5) is 0. The molecular formula is C22H42O2. The Hall–Kier alpha value is -0.0800. The third-order valence-corrected chi connectivity index (χ3v) is 7.37. The maximum Gasteiger partial charge on any atom is 0.0599 e. The van der Waals surface area contributed by atoms with Crippen LogP contribution in [0.3, 0.4) is 0 Å². The van der Waals surface area contributed by atoms with Gasteiger partial charge in [-0.2, -0.15) is 0 Å². The minimum absolute atomic E-state index is 0.160. The zero-order chi connectivity index (χ0) is 17.9. The molecule has 0 aliphatic heterocycles. The summed E-state index contributed by atoms with van der Waals surface area (Å²) in [5.41, 5.74) is 0. The predicted molar refractivity (Wildman–Crippen MR) is 102 cm³/mol. The first-order chi connectivity index (χ1) is 11.4. The fourth-order valence-electron chi connectivity index (χ4n) is 6.16. The highest BCUT2D eigenvalue weighted by molar-refractivity contribution is 4.95. The molecule has 0 aromatic rings. The van der Waals surface area contributed by atoms with Gasteiger partial charge in [0.1, 0.15) is 0 Å². The van der Waals surface area contributed by atoms with Gasteiger partial charge in [-0.05, 0) is 73.5 Å². The molecule has 0 bridgehead atoms. The van der Waals surface area contributed by atoms with Crippen molar-refractivity contribution in [3.05, 3.63) is 0 Å². The summed E-state index contributed by atoms with van der Waals surface area (Å²) in [7, 11) is 0. The molecule has 2 saturated carbocycles. The second-order valence-corrected chi connectivity index (χ2v) is 9.25. The van der Waals surface area contributed by atoms with E-state index >= 15 is 0 Å². The van der Waals surface area contributed by atoms with Gasteiger partial charge in [0, 0.05) is 0 Å². The summed E-state index contributed by atoms with van der Waals surface area (Å²) >= 11 is 0. The van der Waals surface area contributed by atoms with E-state index in [0.717, 1.165) is 38.5 Å². The van der Waals surface area contributed by atoms with E-state index in [2.05, 4.69) is 34.6 Å². The lowest BCUT2D eigenvalue weighted by atomic mass is 9.59. The Morgan fingerprint density at radius 1 is 0.750 bits per heavy atom. The van der Waals surface area contributed by atoms with Gasteiger partial charge in [-0.25, -0.2) is 0 Å². The Balaban J connectivity index is 2.23. The van der Waals surface area contributed by atoms with E-state index in [1.807, 2.05) is 0 Å². The average molecular weight is 339 g/mol. The maximum absolute atomic E-state index is 11.1. The van der Waals surface area contributed by atoms with Gasteiger partial charge in [0.15, 0.2) is 0 Å². The summed E-state index contributed by atoms with van der Waals surface area (Å²) in [5.74, 6) is 3.61. The van der Waals surface area contributed by atoms with Gasteiger partial charge in [0.2, 0.25) is 0 Å². The molecule has 8 atom stereocenters. The molecule has 0 saturated heterocycles. The second-order valence-electron chi connectivity index (χ2n) is 9.25. The van der Waals surface area contributed by atoms with Crippen LogP contribution >= 0.6 is 0 Å². The zero-order valence-electron chi connectivity index (χ0n) is 16.7. The Morgan fingerprint density at radius 2 is 1.17 bits per heavy atom. The molecule has 2 fully saturated rings. The topological polar surface area (TPSA) is 40.5 Å². The van der Waals surface area contributed by atoms with Gasteiger partial charge >= 0.3 is 0 Å². The first kappa shape index (κ1) is 20.2. The van der Waals surface area contributed by atoms with E-state index in [9.17, 15) is 10.2 Å². The van der Waals surface area contributed by atoms with Crippen molar-refractivity contribution < 1.29 is 10.2 Å². The molecule has 0 aromatic carbocycles. The predicted octanol–water partition coefficient (Wildman–Crippen LogP) is 5.27. The van der Waals surface area contributed by atoms with Crippen LogP contribution in [0.1, 0.15) is 86.0 Å². The quantitative estimate of drug-likeness (QED) is 0.692.